The molecule has 0 radical (unpaired) electrons. The lowest BCUT2D eigenvalue weighted by molar-refractivity contribution is -0.143. The predicted molar refractivity (Wildman–Crippen MR) is 170 cm³/mol. The normalized spacial score (nSPS) is 23.8. The Labute approximate surface area is 268 Å². The average molecular weight is 644 g/mol. The highest BCUT2D eigenvalue weighted by atomic mass is 35.5. The van der Waals surface area contributed by atoms with Crippen LogP contribution in [0.25, 0.3) is 11.1 Å². The largest absolute Gasteiger partial charge is 0.481 e. The van der Waals surface area contributed by atoms with Crippen LogP contribution in [-0.2, 0) is 23.1 Å². The van der Waals surface area contributed by atoms with Gasteiger partial charge in [-0.1, -0.05) is 37.0 Å². The van der Waals surface area contributed by atoms with Crippen molar-refractivity contribution in [2.24, 2.45) is 13.0 Å². The first-order valence-electron chi connectivity index (χ1n) is 15.4. The third-order valence-electron chi connectivity index (χ3n) is 8.97. The van der Waals surface area contributed by atoms with Gasteiger partial charge in [0.2, 0.25) is 5.95 Å². The number of anilines is 1. The molecule has 2 fully saturated rings. The number of carboxylic acids is 1. The molecule has 1 aromatic carbocycles. The van der Waals surface area contributed by atoms with Gasteiger partial charge in [0, 0.05) is 71.5 Å². The Balaban J connectivity index is 1.38. The fraction of sp³-hybridized carbons (Fsp3) is 0.531. The highest BCUT2D eigenvalue weighted by Crippen LogP contribution is 2.35. The maximum atomic E-state index is 13.6. The van der Waals surface area contributed by atoms with Crippen molar-refractivity contribution in [3.05, 3.63) is 58.6 Å². The summed E-state index contributed by atoms with van der Waals surface area (Å²) in [6.45, 7) is 4.69. The molecular formula is C32H40Cl2N6O4. The van der Waals surface area contributed by atoms with Crippen LogP contribution in [0.2, 0.25) is 10.0 Å². The van der Waals surface area contributed by atoms with Gasteiger partial charge >= 0.3 is 12.1 Å². The zero-order chi connectivity index (χ0) is 31.4. The maximum absolute atomic E-state index is 13.6. The van der Waals surface area contributed by atoms with Gasteiger partial charge in [-0.05, 0) is 75.1 Å². The highest BCUT2D eigenvalue weighted by molar-refractivity contribution is 6.34. The van der Waals surface area contributed by atoms with Crippen LogP contribution < -0.4 is 4.90 Å². The van der Waals surface area contributed by atoms with Crippen LogP contribution in [0.15, 0.2) is 43.0 Å². The van der Waals surface area contributed by atoms with E-state index in [1.807, 2.05) is 42.7 Å². The number of carbonyl (C=O) groups is 2. The van der Waals surface area contributed by atoms with Crippen LogP contribution in [-0.4, -0.2) is 66.0 Å². The van der Waals surface area contributed by atoms with E-state index in [4.69, 9.17) is 37.9 Å². The molecule has 12 heteroatoms. The van der Waals surface area contributed by atoms with Gasteiger partial charge in [0.25, 0.3) is 0 Å². The number of aliphatic carboxylic acids is 1. The number of nitrogens with zero attached hydrogens (tertiary/aromatic N) is 6. The van der Waals surface area contributed by atoms with E-state index in [0.717, 1.165) is 42.4 Å². The number of hydrogen-bond acceptors (Lipinski definition) is 7. The van der Waals surface area contributed by atoms with Crippen LogP contribution in [0, 0.1) is 5.92 Å². The minimum Gasteiger partial charge on any atom is -0.481 e. The second-order valence-electron chi connectivity index (χ2n) is 11.9. The van der Waals surface area contributed by atoms with Gasteiger partial charge in [0.05, 0.1) is 12.1 Å². The predicted octanol–water partition coefficient (Wildman–Crippen LogP) is 6.99. The Morgan fingerprint density at radius 2 is 1.57 bits per heavy atom. The second kappa shape index (κ2) is 14.2. The van der Waals surface area contributed by atoms with Crippen LogP contribution in [0.3, 0.4) is 0 Å². The van der Waals surface area contributed by atoms with Gasteiger partial charge < -0.3 is 19.6 Å². The number of rotatable bonds is 9. The van der Waals surface area contributed by atoms with Crippen molar-refractivity contribution in [1.82, 2.24) is 24.6 Å². The number of benzene rings is 1. The minimum atomic E-state index is -0.769. The third kappa shape index (κ3) is 7.46. The van der Waals surface area contributed by atoms with Crippen molar-refractivity contribution in [2.75, 3.05) is 4.90 Å². The lowest BCUT2D eigenvalue weighted by atomic mass is 9.87. The molecule has 1 aliphatic carbocycles. The van der Waals surface area contributed by atoms with Gasteiger partial charge in [0.1, 0.15) is 6.10 Å². The summed E-state index contributed by atoms with van der Waals surface area (Å²) in [5.41, 5.74) is 2.76. The van der Waals surface area contributed by atoms with Crippen molar-refractivity contribution < 1.29 is 19.4 Å². The summed E-state index contributed by atoms with van der Waals surface area (Å²) in [5.74, 6) is -0.530. The average Bonchev–Trinajstić information content (AvgIpc) is 3.45. The van der Waals surface area contributed by atoms with E-state index in [9.17, 15) is 14.7 Å². The number of carbonyl (C=O) groups excluding carboxylic acids is 1. The number of hydrogen-bond donors (Lipinski definition) is 1. The molecule has 1 unspecified atom stereocenters. The fourth-order valence-corrected chi connectivity index (χ4v) is 7.18. The van der Waals surface area contributed by atoms with E-state index < -0.39 is 5.97 Å². The molecule has 1 amide bonds. The number of amides is 1. The lowest BCUT2D eigenvalue weighted by Crippen LogP contribution is -2.57. The third-order valence-corrected chi connectivity index (χ3v) is 9.41. The monoisotopic (exact) mass is 642 g/mol. The topological polar surface area (TPSA) is 114 Å². The zero-order valence-corrected chi connectivity index (χ0v) is 26.9. The summed E-state index contributed by atoms with van der Waals surface area (Å²) in [4.78, 5) is 38.7. The summed E-state index contributed by atoms with van der Waals surface area (Å²) < 4.78 is 7.75. The molecule has 0 spiro atoms. The quantitative estimate of drug-likeness (QED) is 0.266. The van der Waals surface area contributed by atoms with E-state index in [2.05, 4.69) is 23.8 Å². The molecule has 5 rings (SSSR count). The highest BCUT2D eigenvalue weighted by Gasteiger charge is 2.41. The van der Waals surface area contributed by atoms with E-state index in [1.165, 1.54) is 0 Å². The minimum absolute atomic E-state index is 0.0401. The van der Waals surface area contributed by atoms with E-state index in [0.29, 0.717) is 48.2 Å². The van der Waals surface area contributed by atoms with Crippen molar-refractivity contribution in [1.29, 1.82) is 0 Å². The summed E-state index contributed by atoms with van der Waals surface area (Å²) in [5, 5.41) is 14.7. The van der Waals surface area contributed by atoms with Crippen molar-refractivity contribution in [3.8, 4) is 11.1 Å². The Bertz CT molecular complexity index is 1410. The number of piperidine rings is 1. The number of likely N-dealkylation sites (tertiary alicyclic amines) is 1. The lowest BCUT2D eigenvalue weighted by Gasteiger charge is -2.47. The first-order valence-corrected chi connectivity index (χ1v) is 16.1. The summed E-state index contributed by atoms with van der Waals surface area (Å²) in [6.07, 6.45) is 12.0. The molecule has 236 valence electrons. The summed E-state index contributed by atoms with van der Waals surface area (Å²) in [6, 6.07) is 5.49. The van der Waals surface area contributed by atoms with E-state index >= 15 is 0 Å². The molecule has 3 atom stereocenters. The first kappa shape index (κ1) is 32.0. The number of aromatic nitrogens is 4. The van der Waals surface area contributed by atoms with Crippen molar-refractivity contribution in [3.63, 3.8) is 0 Å². The van der Waals surface area contributed by atoms with Gasteiger partial charge in [-0.25, -0.2) is 14.8 Å². The van der Waals surface area contributed by atoms with Crippen LogP contribution in [0.1, 0.15) is 70.8 Å². The zero-order valence-electron chi connectivity index (χ0n) is 25.4. The summed E-state index contributed by atoms with van der Waals surface area (Å²) in [7, 11) is 1.87. The molecule has 0 bridgehead atoms. The van der Waals surface area contributed by atoms with Crippen LogP contribution in [0.5, 0.6) is 0 Å². The molecule has 44 heavy (non-hydrogen) atoms. The molecule has 3 aromatic rings. The Morgan fingerprint density at radius 1 is 0.955 bits per heavy atom. The Morgan fingerprint density at radius 3 is 2.09 bits per heavy atom. The maximum Gasteiger partial charge on any atom is 0.410 e. The molecule has 1 aliphatic heterocycles. The Kier molecular flexibility index (Phi) is 10.3. The molecule has 2 aromatic heterocycles. The Hall–Kier alpha value is -3.37. The summed E-state index contributed by atoms with van der Waals surface area (Å²) >= 11 is 12.8. The number of halogens is 2. The van der Waals surface area contributed by atoms with Crippen LogP contribution in [0.4, 0.5) is 10.7 Å². The van der Waals surface area contributed by atoms with Gasteiger partial charge in [-0.2, -0.15) is 5.10 Å². The SMILES string of the molecule is CC[C@@H]1CC(N(Cc2cc(Cl)cc(Cl)c2)c2ncc(-c3cnn(C)c3)cn2)C[C@H](CC)N1C(=O)O[C@H]1CC[C@H](C(=O)O)CC1. The molecule has 10 nitrogen and oxygen atoms in total. The second-order valence-corrected chi connectivity index (χ2v) is 12.8. The van der Waals surface area contributed by atoms with Gasteiger partial charge in [0.15, 0.2) is 0 Å². The number of aryl methyl sites for hydroxylation is 1. The number of carboxylic acid groups (broad SMARTS) is 1. The standard InChI is InChI=1S/C32H40Cl2N6O4/c1-4-26-13-28(14-27(5-2)40(26)32(43)44-29-8-6-21(7-9-29)30(41)42)39(18-20-10-24(33)12-25(34)11-20)31-35-15-22(16-36-31)23-17-37-38(3)19-23/h10-12,15-17,19,21,26-29H,4-9,13-14,18H2,1-3H3,(H,41,42)/t21-,26-,27+,28?,29-. The van der Waals surface area contributed by atoms with E-state index in [-0.39, 0.29) is 36.2 Å². The molecule has 1 saturated carbocycles. The van der Waals surface area contributed by atoms with Gasteiger partial charge in [-0.3, -0.25) is 9.48 Å². The smallest absolute Gasteiger partial charge is 0.410 e. The molecule has 3 heterocycles. The van der Waals surface area contributed by atoms with Crippen molar-refractivity contribution in [2.45, 2.75) is 96.0 Å². The van der Waals surface area contributed by atoms with E-state index in [1.54, 1.807) is 16.9 Å². The van der Waals surface area contributed by atoms with Gasteiger partial charge in [-0.15, -0.1) is 0 Å². The number of ether oxygens (including phenoxy) is 1. The first-order chi connectivity index (χ1) is 21.1. The van der Waals surface area contributed by atoms with Crippen molar-refractivity contribution >= 4 is 41.2 Å². The fourth-order valence-electron chi connectivity index (χ4n) is 6.61. The van der Waals surface area contributed by atoms with Crippen LogP contribution >= 0.6 is 23.2 Å². The molecule has 1 saturated heterocycles. The molecule has 1 N–H and O–H groups in total. The molecular weight excluding hydrogens is 603 g/mol. The molecule has 2 aliphatic rings.